The molecule has 0 amide bonds. The van der Waals surface area contributed by atoms with Crippen LogP contribution in [-0.2, 0) is 65.0 Å². The molecular formula is C43H45N2O10S2+. The molecule has 14 heteroatoms. The zero-order valence-electron chi connectivity index (χ0n) is 32.1. The average molecular weight is 814 g/mol. The van der Waals surface area contributed by atoms with Crippen molar-refractivity contribution in [2.45, 2.75) is 41.8 Å². The Morgan fingerprint density at radius 2 is 1.07 bits per heavy atom. The Kier molecular flexibility index (Phi) is 14.4. The van der Waals surface area contributed by atoms with Crippen LogP contribution >= 0.6 is 0 Å². The third-order valence-corrected chi connectivity index (χ3v) is 12.9. The van der Waals surface area contributed by atoms with Gasteiger partial charge < -0.3 is 18.9 Å². The third kappa shape index (κ3) is 10.5. The fourth-order valence-electron chi connectivity index (χ4n) is 6.24. The highest BCUT2D eigenvalue weighted by molar-refractivity contribution is 7.89. The summed E-state index contributed by atoms with van der Waals surface area (Å²) in [5.41, 5.74) is 2.28. The molecule has 12 nitrogen and oxygen atoms in total. The van der Waals surface area contributed by atoms with Crippen LogP contribution in [0.1, 0.15) is 22.3 Å². The minimum Gasteiger partial charge on any atom is -0.497 e. The maximum absolute atomic E-state index is 14.6. The topological polar surface area (TPSA) is 146 Å². The maximum atomic E-state index is 14.6. The lowest BCUT2D eigenvalue weighted by Gasteiger charge is -2.30. The van der Waals surface area contributed by atoms with Crippen LogP contribution in [0.3, 0.4) is 0 Å². The lowest BCUT2D eigenvalue weighted by atomic mass is 10.0. The van der Waals surface area contributed by atoms with Crippen LogP contribution in [0.15, 0.2) is 143 Å². The van der Waals surface area contributed by atoms with Crippen molar-refractivity contribution in [2.75, 3.05) is 28.4 Å². The van der Waals surface area contributed by atoms with Gasteiger partial charge in [0.05, 0.1) is 33.3 Å². The summed E-state index contributed by atoms with van der Waals surface area (Å²) < 4.78 is 81.3. The molecule has 5 aromatic rings. The van der Waals surface area contributed by atoms with Crippen molar-refractivity contribution in [1.82, 2.24) is 4.31 Å². The number of sulfonamides is 2. The van der Waals surface area contributed by atoms with Gasteiger partial charge in [0.25, 0.3) is 0 Å². The Hall–Kier alpha value is -5.83. The molecule has 0 aliphatic rings. The Bertz CT molecular complexity index is 2370. The summed E-state index contributed by atoms with van der Waals surface area (Å²) in [6.45, 7) is -0.664. The van der Waals surface area contributed by atoms with Gasteiger partial charge >= 0.3 is 22.0 Å². The zero-order chi connectivity index (χ0) is 41.0. The van der Waals surface area contributed by atoms with E-state index in [0.29, 0.717) is 28.2 Å². The summed E-state index contributed by atoms with van der Waals surface area (Å²) in [5.74, 6) is -1.58. The Morgan fingerprint density at radius 1 is 0.596 bits per heavy atom. The van der Waals surface area contributed by atoms with E-state index in [1.807, 2.05) is 36.4 Å². The Labute approximate surface area is 334 Å². The van der Waals surface area contributed by atoms with Gasteiger partial charge in [-0.25, -0.2) is 8.42 Å². The number of rotatable bonds is 18. The highest BCUT2D eigenvalue weighted by Gasteiger charge is 2.38. The SMILES string of the molecule is COC(=O)C(/C=[N+](/Cc1ccccc1CN([C@@H](Cc1ccccc1)C(=O)OC)S(=O)(=O)c1ccc(OC)cc1)S(=O)(=O)c1ccc(OC)cc1)Cc1ccccc1. The molecule has 0 aliphatic heterocycles. The second-order valence-corrected chi connectivity index (χ2v) is 16.7. The van der Waals surface area contributed by atoms with Gasteiger partial charge in [0.15, 0.2) is 12.8 Å². The van der Waals surface area contributed by atoms with Crippen molar-refractivity contribution in [3.05, 3.63) is 156 Å². The van der Waals surface area contributed by atoms with Crippen molar-refractivity contribution in [2.24, 2.45) is 5.92 Å². The first-order valence-corrected chi connectivity index (χ1v) is 20.8. The van der Waals surface area contributed by atoms with Crippen LogP contribution < -0.4 is 9.47 Å². The van der Waals surface area contributed by atoms with Crippen LogP contribution in [0.25, 0.3) is 0 Å². The number of methoxy groups -OCH3 is 4. The molecule has 0 N–H and O–H groups in total. The van der Waals surface area contributed by atoms with E-state index in [0.717, 1.165) is 13.8 Å². The largest absolute Gasteiger partial charge is 0.497 e. The van der Waals surface area contributed by atoms with Gasteiger partial charge in [-0.15, -0.1) is 3.98 Å². The number of carbonyl (C=O) groups excluding carboxylic acids is 2. The van der Waals surface area contributed by atoms with Gasteiger partial charge in [0.1, 0.15) is 28.4 Å². The number of hydrogen-bond acceptors (Lipinski definition) is 10. The van der Waals surface area contributed by atoms with Crippen molar-refractivity contribution in [3.8, 4) is 11.5 Å². The quantitative estimate of drug-likeness (QED) is 0.0616. The van der Waals surface area contributed by atoms with Crippen molar-refractivity contribution in [3.63, 3.8) is 0 Å². The molecular weight excluding hydrogens is 769 g/mol. The van der Waals surface area contributed by atoms with Crippen molar-refractivity contribution in [1.29, 1.82) is 0 Å². The van der Waals surface area contributed by atoms with Gasteiger partial charge in [0, 0.05) is 12.1 Å². The van der Waals surface area contributed by atoms with Gasteiger partial charge in [-0.05, 0) is 78.1 Å². The van der Waals surface area contributed by atoms with E-state index in [4.69, 9.17) is 18.9 Å². The fraction of sp³-hybridized carbons (Fsp3) is 0.233. The Morgan fingerprint density at radius 3 is 1.58 bits per heavy atom. The average Bonchev–Trinajstić information content (AvgIpc) is 3.24. The van der Waals surface area contributed by atoms with E-state index in [2.05, 4.69) is 0 Å². The smallest absolute Gasteiger partial charge is 0.394 e. The highest BCUT2D eigenvalue weighted by Crippen LogP contribution is 2.28. The minimum absolute atomic E-state index is 0.0168. The molecule has 0 spiro atoms. The molecule has 0 radical (unpaired) electrons. The molecule has 0 aliphatic carbocycles. The summed E-state index contributed by atoms with van der Waals surface area (Å²) in [4.78, 5) is 26.7. The first kappa shape index (κ1) is 42.3. The number of benzene rings is 5. The minimum atomic E-state index is -4.43. The maximum Gasteiger partial charge on any atom is 0.394 e. The second kappa shape index (κ2) is 19.4. The van der Waals surface area contributed by atoms with Gasteiger partial charge in [-0.1, -0.05) is 84.9 Å². The van der Waals surface area contributed by atoms with Gasteiger partial charge in [-0.3, -0.25) is 9.59 Å². The Balaban J connectivity index is 1.65. The summed E-state index contributed by atoms with van der Waals surface area (Å²) in [5, 5.41) is 0. The highest BCUT2D eigenvalue weighted by atomic mass is 32.2. The molecule has 0 heterocycles. The number of ether oxygens (including phenoxy) is 4. The lowest BCUT2D eigenvalue weighted by Crippen LogP contribution is -2.46. The van der Waals surface area contributed by atoms with Crippen LogP contribution in [0.2, 0.25) is 0 Å². The van der Waals surface area contributed by atoms with E-state index in [-0.39, 0.29) is 35.7 Å². The fourth-order valence-corrected chi connectivity index (χ4v) is 9.16. The third-order valence-electron chi connectivity index (χ3n) is 9.34. The zero-order valence-corrected chi connectivity index (χ0v) is 33.7. The van der Waals surface area contributed by atoms with Gasteiger partial charge in [-0.2, -0.15) is 12.7 Å². The van der Waals surface area contributed by atoms with Crippen LogP contribution in [0, 0.1) is 5.92 Å². The van der Waals surface area contributed by atoms with E-state index in [1.54, 1.807) is 48.5 Å². The monoisotopic (exact) mass is 813 g/mol. The molecule has 57 heavy (non-hydrogen) atoms. The van der Waals surface area contributed by atoms with Crippen molar-refractivity contribution >= 4 is 38.2 Å². The molecule has 1 unspecified atom stereocenters. The molecule has 298 valence electrons. The van der Waals surface area contributed by atoms with Crippen molar-refractivity contribution < 1.29 is 49.4 Å². The normalized spacial score (nSPS) is 13.0. The standard InChI is InChI=1S/C43H45N2O10S2/c1-52-37-19-23-39(24-20-37)56(48,49)44(30-36(42(46)54-3)27-32-13-7-5-8-14-32)29-34-17-11-12-18-35(34)31-45(57(50,51)40-25-21-38(53-2)22-26-40)41(43(47)55-4)28-33-15-9-6-10-16-33/h5-26,30,36,41H,27-29,31H2,1-4H3/q+1/b44-30-/t36?,41-/m0/s1. The molecule has 0 fully saturated rings. The van der Waals surface area contributed by atoms with E-state index in [1.165, 1.54) is 83.2 Å². The van der Waals surface area contributed by atoms with Crippen LogP contribution in [0.5, 0.6) is 11.5 Å². The first-order chi connectivity index (χ1) is 27.4. The molecule has 0 saturated carbocycles. The van der Waals surface area contributed by atoms with E-state index < -0.39 is 43.9 Å². The molecule has 2 atom stereocenters. The first-order valence-electron chi connectivity index (χ1n) is 17.9. The molecule has 0 saturated heterocycles. The summed E-state index contributed by atoms with van der Waals surface area (Å²) in [6.07, 6.45) is 1.45. The number of hydrogen-bond donors (Lipinski definition) is 0. The number of esters is 2. The van der Waals surface area contributed by atoms with Crippen LogP contribution in [-0.4, -0.2) is 77.8 Å². The summed E-state index contributed by atoms with van der Waals surface area (Å²) >= 11 is 0. The molecule has 5 rings (SSSR count). The molecule has 0 aromatic heterocycles. The van der Waals surface area contributed by atoms with E-state index in [9.17, 15) is 26.4 Å². The molecule has 0 bridgehead atoms. The predicted octanol–water partition coefficient (Wildman–Crippen LogP) is 5.68. The summed E-state index contributed by atoms with van der Waals surface area (Å²) in [6, 6.07) is 35.1. The summed E-state index contributed by atoms with van der Waals surface area (Å²) in [7, 11) is -3.43. The predicted molar refractivity (Wildman–Crippen MR) is 214 cm³/mol. The second-order valence-electron chi connectivity index (χ2n) is 12.9. The lowest BCUT2D eigenvalue weighted by molar-refractivity contribution is -0.381. The van der Waals surface area contributed by atoms with E-state index >= 15 is 0 Å². The van der Waals surface area contributed by atoms with Gasteiger partial charge in [0.2, 0.25) is 10.0 Å². The number of nitrogens with zero attached hydrogens (tertiary/aromatic N) is 2. The number of carbonyl (C=O) groups is 2. The molecule has 5 aromatic carbocycles. The van der Waals surface area contributed by atoms with Crippen LogP contribution in [0.4, 0.5) is 0 Å².